The van der Waals surface area contributed by atoms with Gasteiger partial charge in [0, 0.05) is 45.9 Å². The van der Waals surface area contributed by atoms with E-state index in [2.05, 4.69) is 31.9 Å². The van der Waals surface area contributed by atoms with Crippen LogP contribution in [-0.2, 0) is 16.0 Å². The molecular formula is C17H27N3O2S. The van der Waals surface area contributed by atoms with Crippen molar-refractivity contribution in [1.29, 1.82) is 0 Å². The number of carbonyl (C=O) groups is 1. The van der Waals surface area contributed by atoms with Gasteiger partial charge in [-0.3, -0.25) is 14.6 Å². The number of amides is 1. The Morgan fingerprint density at radius 3 is 2.83 bits per heavy atom. The van der Waals surface area contributed by atoms with Gasteiger partial charge < -0.3 is 10.1 Å². The fourth-order valence-corrected chi connectivity index (χ4v) is 3.95. The molecule has 0 spiro atoms. The lowest BCUT2D eigenvalue weighted by Gasteiger charge is -2.35. The van der Waals surface area contributed by atoms with Gasteiger partial charge in [-0.05, 0) is 41.7 Å². The molecule has 0 aromatic carbocycles. The first kappa shape index (κ1) is 16.9. The second kappa shape index (κ2) is 8.78. The molecule has 6 heteroatoms. The molecule has 3 heterocycles. The molecule has 1 N–H and O–H groups in total. The van der Waals surface area contributed by atoms with Gasteiger partial charge in [0.15, 0.2) is 0 Å². The summed E-state index contributed by atoms with van der Waals surface area (Å²) in [5.41, 5.74) is 1.30. The molecule has 2 aliphatic rings. The molecule has 2 fully saturated rings. The fourth-order valence-electron chi connectivity index (χ4n) is 3.25. The first-order chi connectivity index (χ1) is 11.3. The van der Waals surface area contributed by atoms with Crippen LogP contribution in [0.25, 0.3) is 0 Å². The van der Waals surface area contributed by atoms with E-state index in [0.29, 0.717) is 12.6 Å². The number of ether oxygens (including phenoxy) is 1. The van der Waals surface area contributed by atoms with Gasteiger partial charge in [-0.2, -0.15) is 11.3 Å². The number of nitrogens with zero attached hydrogens (tertiary/aromatic N) is 2. The summed E-state index contributed by atoms with van der Waals surface area (Å²) in [4.78, 5) is 16.7. The van der Waals surface area contributed by atoms with Crippen LogP contribution in [0.4, 0.5) is 0 Å². The highest BCUT2D eigenvalue weighted by molar-refractivity contribution is 7.07. The Bertz CT molecular complexity index is 466. The molecule has 3 rings (SSSR count). The summed E-state index contributed by atoms with van der Waals surface area (Å²) in [6.07, 6.45) is 3.76. The van der Waals surface area contributed by atoms with Crippen LogP contribution in [0, 0.1) is 0 Å². The lowest BCUT2D eigenvalue weighted by molar-refractivity contribution is -0.122. The van der Waals surface area contributed by atoms with Crippen LogP contribution >= 0.6 is 11.3 Å². The monoisotopic (exact) mass is 337 g/mol. The maximum atomic E-state index is 12.0. The van der Waals surface area contributed by atoms with Gasteiger partial charge in [0.05, 0.1) is 12.6 Å². The first-order valence-electron chi connectivity index (χ1n) is 8.64. The van der Waals surface area contributed by atoms with Gasteiger partial charge >= 0.3 is 0 Å². The molecule has 2 aliphatic heterocycles. The zero-order valence-electron chi connectivity index (χ0n) is 13.7. The second-order valence-electron chi connectivity index (χ2n) is 6.44. The SMILES string of the molecule is O=C(CN1CCN(C[C@@H]2CCCO2)CC1)NCCc1ccsc1. The molecule has 2 saturated heterocycles. The van der Waals surface area contributed by atoms with Crippen molar-refractivity contribution in [3.8, 4) is 0 Å². The van der Waals surface area contributed by atoms with Crippen molar-refractivity contribution < 1.29 is 9.53 Å². The van der Waals surface area contributed by atoms with E-state index in [0.717, 1.165) is 52.3 Å². The van der Waals surface area contributed by atoms with Crippen molar-refractivity contribution in [3.05, 3.63) is 22.4 Å². The van der Waals surface area contributed by atoms with Crippen LogP contribution in [-0.4, -0.2) is 74.2 Å². The Labute approximate surface area is 142 Å². The molecule has 5 nitrogen and oxygen atoms in total. The molecule has 23 heavy (non-hydrogen) atoms. The Kier molecular flexibility index (Phi) is 6.45. The summed E-state index contributed by atoms with van der Waals surface area (Å²) in [6.45, 7) is 7.28. The Morgan fingerprint density at radius 1 is 1.30 bits per heavy atom. The Morgan fingerprint density at radius 2 is 2.13 bits per heavy atom. The van der Waals surface area contributed by atoms with E-state index in [-0.39, 0.29) is 5.91 Å². The van der Waals surface area contributed by atoms with Crippen LogP contribution in [0.3, 0.4) is 0 Å². The fraction of sp³-hybridized carbons (Fsp3) is 0.706. The molecular weight excluding hydrogens is 310 g/mol. The zero-order chi connectivity index (χ0) is 15.9. The maximum Gasteiger partial charge on any atom is 0.234 e. The highest BCUT2D eigenvalue weighted by atomic mass is 32.1. The number of piperazine rings is 1. The minimum absolute atomic E-state index is 0.146. The summed E-state index contributed by atoms with van der Waals surface area (Å²) < 4.78 is 5.70. The summed E-state index contributed by atoms with van der Waals surface area (Å²) in [7, 11) is 0. The van der Waals surface area contributed by atoms with E-state index in [1.165, 1.54) is 18.4 Å². The number of hydrogen-bond donors (Lipinski definition) is 1. The van der Waals surface area contributed by atoms with Gasteiger partial charge in [0.25, 0.3) is 0 Å². The van der Waals surface area contributed by atoms with Crippen molar-refractivity contribution in [2.45, 2.75) is 25.4 Å². The molecule has 1 aromatic heterocycles. The lowest BCUT2D eigenvalue weighted by Crippen LogP contribution is -2.51. The lowest BCUT2D eigenvalue weighted by atomic mass is 10.2. The smallest absolute Gasteiger partial charge is 0.234 e. The van der Waals surface area contributed by atoms with Gasteiger partial charge in [-0.1, -0.05) is 0 Å². The number of nitrogens with one attached hydrogen (secondary N) is 1. The summed E-state index contributed by atoms with van der Waals surface area (Å²) in [5.74, 6) is 0.146. The molecule has 128 valence electrons. The number of carbonyl (C=O) groups excluding carboxylic acids is 1. The Hall–Kier alpha value is -0.950. The molecule has 0 bridgehead atoms. The first-order valence-corrected chi connectivity index (χ1v) is 9.58. The standard InChI is InChI=1S/C17H27N3O2S/c21-17(18-5-3-15-4-11-23-14-15)13-20-8-6-19(7-9-20)12-16-2-1-10-22-16/h4,11,14,16H,1-3,5-10,12-13H2,(H,18,21)/t16-/m0/s1. The van der Waals surface area contributed by atoms with E-state index in [1.807, 2.05) is 0 Å². The molecule has 1 aromatic rings. The van der Waals surface area contributed by atoms with Gasteiger partial charge in [-0.25, -0.2) is 0 Å². The van der Waals surface area contributed by atoms with Crippen molar-refractivity contribution in [2.75, 3.05) is 52.4 Å². The van der Waals surface area contributed by atoms with Crippen molar-refractivity contribution in [1.82, 2.24) is 15.1 Å². The number of rotatable bonds is 7. The highest BCUT2D eigenvalue weighted by Crippen LogP contribution is 2.14. The third kappa shape index (κ3) is 5.57. The molecule has 0 unspecified atom stereocenters. The highest BCUT2D eigenvalue weighted by Gasteiger charge is 2.23. The van der Waals surface area contributed by atoms with Crippen molar-refractivity contribution >= 4 is 17.2 Å². The van der Waals surface area contributed by atoms with E-state index >= 15 is 0 Å². The molecule has 1 amide bonds. The topological polar surface area (TPSA) is 44.8 Å². The molecule has 0 aliphatic carbocycles. The Balaban J connectivity index is 1.28. The summed E-state index contributed by atoms with van der Waals surface area (Å²) >= 11 is 1.70. The van der Waals surface area contributed by atoms with Crippen LogP contribution in [0.5, 0.6) is 0 Å². The van der Waals surface area contributed by atoms with E-state index < -0.39 is 0 Å². The van der Waals surface area contributed by atoms with Gasteiger partial charge in [0.2, 0.25) is 5.91 Å². The normalized spacial score (nSPS) is 23.2. The average Bonchev–Trinajstić information content (AvgIpc) is 3.23. The molecule has 0 radical (unpaired) electrons. The third-order valence-corrected chi connectivity index (χ3v) is 5.37. The van der Waals surface area contributed by atoms with E-state index in [4.69, 9.17) is 4.74 Å². The second-order valence-corrected chi connectivity index (χ2v) is 7.22. The van der Waals surface area contributed by atoms with Crippen LogP contribution < -0.4 is 5.32 Å². The van der Waals surface area contributed by atoms with Crippen LogP contribution in [0.15, 0.2) is 16.8 Å². The van der Waals surface area contributed by atoms with Crippen LogP contribution in [0.2, 0.25) is 0 Å². The van der Waals surface area contributed by atoms with E-state index in [9.17, 15) is 4.79 Å². The van der Waals surface area contributed by atoms with Gasteiger partial charge in [-0.15, -0.1) is 0 Å². The van der Waals surface area contributed by atoms with Crippen molar-refractivity contribution in [3.63, 3.8) is 0 Å². The van der Waals surface area contributed by atoms with Crippen molar-refractivity contribution in [2.24, 2.45) is 0 Å². The largest absolute Gasteiger partial charge is 0.377 e. The average molecular weight is 337 g/mol. The number of hydrogen-bond acceptors (Lipinski definition) is 5. The van der Waals surface area contributed by atoms with Crippen LogP contribution in [0.1, 0.15) is 18.4 Å². The third-order valence-electron chi connectivity index (χ3n) is 4.63. The zero-order valence-corrected chi connectivity index (χ0v) is 14.5. The molecule has 0 saturated carbocycles. The van der Waals surface area contributed by atoms with Gasteiger partial charge in [0.1, 0.15) is 0 Å². The maximum absolute atomic E-state index is 12.0. The molecule has 1 atom stereocenters. The minimum Gasteiger partial charge on any atom is -0.377 e. The predicted molar refractivity (Wildman–Crippen MR) is 92.9 cm³/mol. The summed E-state index contributed by atoms with van der Waals surface area (Å²) in [5, 5.41) is 7.24. The minimum atomic E-state index is 0.146. The summed E-state index contributed by atoms with van der Waals surface area (Å²) in [6, 6.07) is 2.12. The predicted octanol–water partition coefficient (Wildman–Crippen LogP) is 1.20. The quantitative estimate of drug-likeness (QED) is 0.812. The number of thiophene rings is 1. The van der Waals surface area contributed by atoms with E-state index in [1.54, 1.807) is 11.3 Å².